The van der Waals surface area contributed by atoms with E-state index in [2.05, 4.69) is 10.2 Å². The predicted molar refractivity (Wildman–Crippen MR) is 86.7 cm³/mol. The van der Waals surface area contributed by atoms with Crippen molar-refractivity contribution in [2.24, 2.45) is 24.3 Å². The highest BCUT2D eigenvalue weighted by Crippen LogP contribution is 2.37. The summed E-state index contributed by atoms with van der Waals surface area (Å²) in [6, 6.07) is 5.73. The van der Waals surface area contributed by atoms with Gasteiger partial charge in [0.2, 0.25) is 9.84 Å². The third kappa shape index (κ3) is 2.33. The molecule has 1 aromatic carbocycles. The number of sulfone groups is 1. The van der Waals surface area contributed by atoms with Crippen molar-refractivity contribution in [3.63, 3.8) is 0 Å². The molecule has 10 heteroatoms. The Balaban J connectivity index is 2.19. The molecule has 0 unspecified atom stereocenters. The number of hydrogen-bond acceptors (Lipinski definition) is 7. The maximum atomic E-state index is 12.4. The zero-order valence-corrected chi connectivity index (χ0v) is 14.4. The van der Waals surface area contributed by atoms with Gasteiger partial charge in [-0.05, 0) is 18.6 Å². The zero-order valence-electron chi connectivity index (χ0n) is 13.5. The van der Waals surface area contributed by atoms with Gasteiger partial charge in [-0.1, -0.05) is 24.0 Å². The molecule has 1 aliphatic rings. The van der Waals surface area contributed by atoms with Crippen LogP contribution in [0.2, 0.25) is 0 Å². The van der Waals surface area contributed by atoms with Gasteiger partial charge in [0.05, 0.1) is 10.6 Å². The van der Waals surface area contributed by atoms with Gasteiger partial charge in [-0.15, -0.1) is 10.2 Å². The number of nitrogens with zero attached hydrogens (tertiary/aromatic N) is 4. The first-order valence-corrected chi connectivity index (χ1v) is 8.60. The van der Waals surface area contributed by atoms with Crippen molar-refractivity contribution in [1.29, 1.82) is 0 Å². The van der Waals surface area contributed by atoms with Gasteiger partial charge in [0, 0.05) is 14.1 Å². The summed E-state index contributed by atoms with van der Waals surface area (Å²) in [5.74, 6) is -0.779. The van der Waals surface area contributed by atoms with Crippen LogP contribution in [0.4, 0.5) is 5.69 Å². The van der Waals surface area contributed by atoms with Crippen molar-refractivity contribution in [1.82, 2.24) is 9.13 Å². The van der Waals surface area contributed by atoms with Gasteiger partial charge in [-0.3, -0.25) is 13.9 Å². The molecule has 0 fully saturated rings. The lowest BCUT2D eigenvalue weighted by molar-refractivity contribution is -0.244. The van der Waals surface area contributed by atoms with E-state index in [0.29, 0.717) is 0 Å². The van der Waals surface area contributed by atoms with Crippen LogP contribution >= 0.6 is 0 Å². The van der Waals surface area contributed by atoms with Gasteiger partial charge in [0.15, 0.2) is 10.7 Å². The van der Waals surface area contributed by atoms with Crippen LogP contribution in [-0.2, 0) is 23.9 Å². The Bertz CT molecular complexity index is 1190. The average Bonchev–Trinajstić information content (AvgIpc) is 2.79. The third-order valence-electron chi connectivity index (χ3n) is 4.04. The minimum atomic E-state index is -4.09. The minimum Gasteiger partial charge on any atom is -0.870 e. The Morgan fingerprint density at radius 2 is 1.68 bits per heavy atom. The monoisotopic (exact) mass is 361 g/mol. The van der Waals surface area contributed by atoms with E-state index in [1.54, 1.807) is 6.07 Å². The lowest BCUT2D eigenvalue weighted by Gasteiger charge is -2.08. The Morgan fingerprint density at radius 1 is 1.04 bits per heavy atom. The van der Waals surface area contributed by atoms with Gasteiger partial charge in [0.1, 0.15) is 0 Å². The van der Waals surface area contributed by atoms with Gasteiger partial charge < -0.3 is 5.11 Å². The second-order valence-electron chi connectivity index (χ2n) is 5.47. The predicted octanol–water partition coefficient (Wildman–Crippen LogP) is -0.0500. The van der Waals surface area contributed by atoms with Crippen molar-refractivity contribution in [2.75, 3.05) is 0 Å². The Kier molecular flexibility index (Phi) is 3.72. The molecule has 0 bridgehead atoms. The summed E-state index contributed by atoms with van der Waals surface area (Å²) >= 11 is 0. The van der Waals surface area contributed by atoms with Gasteiger partial charge in [-0.2, -0.15) is 0 Å². The standard InChI is InChI=1S/C15H14N4O5S/c1-8-11(14(21)19(3)15(22)18(8)2)16-17-13-12(20)9-6-4-5-7-10(9)25(13,23)24/h4-7,20H,1-3H3/p-1. The van der Waals surface area contributed by atoms with Crippen molar-refractivity contribution >= 4 is 21.3 Å². The number of azo groups is 1. The second-order valence-corrected chi connectivity index (χ2v) is 7.31. The van der Waals surface area contributed by atoms with E-state index in [4.69, 9.17) is 0 Å². The fourth-order valence-corrected chi connectivity index (χ4v) is 3.89. The van der Waals surface area contributed by atoms with Gasteiger partial charge >= 0.3 is 5.69 Å². The second kappa shape index (κ2) is 5.52. The number of rotatable bonds is 2. The van der Waals surface area contributed by atoms with Crippen LogP contribution in [-0.4, -0.2) is 17.6 Å². The maximum Gasteiger partial charge on any atom is 0.330 e. The lowest BCUT2D eigenvalue weighted by Crippen LogP contribution is -2.37. The topological polar surface area (TPSA) is 126 Å². The van der Waals surface area contributed by atoms with Gasteiger partial charge in [0.25, 0.3) is 5.56 Å². The summed E-state index contributed by atoms with van der Waals surface area (Å²) in [6.07, 6.45) is 0. The molecule has 1 aliphatic heterocycles. The molecule has 0 N–H and O–H groups in total. The summed E-state index contributed by atoms with van der Waals surface area (Å²) in [6.45, 7) is 1.47. The molecule has 0 aliphatic carbocycles. The van der Waals surface area contributed by atoms with Crippen molar-refractivity contribution in [2.45, 2.75) is 11.8 Å². The molecule has 2 aromatic rings. The van der Waals surface area contributed by atoms with E-state index in [1.807, 2.05) is 0 Å². The van der Waals surface area contributed by atoms with Crippen LogP contribution < -0.4 is 16.4 Å². The highest BCUT2D eigenvalue weighted by atomic mass is 32.2. The Morgan fingerprint density at radius 3 is 2.32 bits per heavy atom. The summed E-state index contributed by atoms with van der Waals surface area (Å²) < 4.78 is 26.9. The van der Waals surface area contributed by atoms with Crippen LogP contribution in [0.15, 0.2) is 54.0 Å². The molecule has 25 heavy (non-hydrogen) atoms. The number of fused-ring (bicyclic) bond motifs is 1. The summed E-state index contributed by atoms with van der Waals surface area (Å²) in [5, 5.41) is 18.8. The molecule has 0 radical (unpaired) electrons. The minimum absolute atomic E-state index is 0.0153. The number of aromatic nitrogens is 2. The molecule has 3 rings (SSSR count). The highest BCUT2D eigenvalue weighted by molar-refractivity contribution is 7.95. The van der Waals surface area contributed by atoms with Crippen LogP contribution in [0.25, 0.3) is 5.76 Å². The molecule has 130 valence electrons. The van der Waals surface area contributed by atoms with Crippen LogP contribution in [0.3, 0.4) is 0 Å². The molecule has 0 amide bonds. The average molecular weight is 361 g/mol. The third-order valence-corrected chi connectivity index (χ3v) is 5.75. The van der Waals surface area contributed by atoms with Crippen molar-refractivity contribution in [3.8, 4) is 0 Å². The maximum absolute atomic E-state index is 12.4. The number of benzene rings is 1. The molecular formula is C15H13N4O5S-. The van der Waals surface area contributed by atoms with E-state index < -0.39 is 31.9 Å². The molecule has 0 saturated heterocycles. The van der Waals surface area contributed by atoms with Crippen LogP contribution in [0.1, 0.15) is 11.3 Å². The summed E-state index contributed by atoms with van der Waals surface area (Å²) in [4.78, 5) is 23.9. The van der Waals surface area contributed by atoms with E-state index >= 15 is 0 Å². The lowest BCUT2D eigenvalue weighted by atomic mass is 10.2. The zero-order chi connectivity index (χ0) is 18.5. The first-order chi connectivity index (χ1) is 11.7. The Hall–Kier alpha value is -3.01. The van der Waals surface area contributed by atoms with Crippen LogP contribution in [0, 0.1) is 6.92 Å². The molecule has 0 saturated carbocycles. The van der Waals surface area contributed by atoms with Crippen molar-refractivity contribution < 1.29 is 13.5 Å². The SMILES string of the molecule is Cc1c(N=NC2=C([O-])c3ccccc3S2(=O)=O)c(=O)n(C)c(=O)n1C. The molecular weight excluding hydrogens is 348 g/mol. The quantitative estimate of drug-likeness (QED) is 0.693. The smallest absolute Gasteiger partial charge is 0.330 e. The van der Waals surface area contributed by atoms with Crippen LogP contribution in [0.5, 0.6) is 0 Å². The first-order valence-electron chi connectivity index (χ1n) is 7.12. The largest absolute Gasteiger partial charge is 0.870 e. The van der Waals surface area contributed by atoms with Crippen molar-refractivity contribution in [3.05, 3.63) is 61.4 Å². The molecule has 9 nitrogen and oxygen atoms in total. The number of hydrogen-bond donors (Lipinski definition) is 0. The van der Waals surface area contributed by atoms with E-state index in [-0.39, 0.29) is 21.8 Å². The normalized spacial score (nSPS) is 15.8. The molecule has 0 atom stereocenters. The van der Waals surface area contributed by atoms with Gasteiger partial charge in [-0.25, -0.2) is 13.2 Å². The van der Waals surface area contributed by atoms with E-state index in [0.717, 1.165) is 4.57 Å². The summed E-state index contributed by atoms with van der Waals surface area (Å²) in [7, 11) is -1.38. The summed E-state index contributed by atoms with van der Waals surface area (Å²) in [5.41, 5.74) is -1.27. The van der Waals surface area contributed by atoms with E-state index in [9.17, 15) is 23.1 Å². The Labute approximate surface area is 142 Å². The fraction of sp³-hybridized carbons (Fsp3) is 0.200. The molecule has 2 heterocycles. The highest BCUT2D eigenvalue weighted by Gasteiger charge is 2.31. The first kappa shape index (κ1) is 16.8. The van der Waals surface area contributed by atoms with E-state index in [1.165, 1.54) is 43.8 Å². The molecule has 0 spiro atoms. The fourth-order valence-electron chi connectivity index (χ4n) is 2.47. The molecule has 1 aromatic heterocycles.